The van der Waals surface area contributed by atoms with Crippen LogP contribution < -0.4 is 16.4 Å². The average Bonchev–Trinajstić information content (AvgIpc) is 3.44. The highest BCUT2D eigenvalue weighted by Gasteiger charge is 2.21. The number of thioether (sulfide) groups is 1. The van der Waals surface area contributed by atoms with Crippen LogP contribution in [0.1, 0.15) is 31.2 Å². The first-order valence-electron chi connectivity index (χ1n) is 8.84. The summed E-state index contributed by atoms with van der Waals surface area (Å²) >= 11 is 1.47. The van der Waals surface area contributed by atoms with Gasteiger partial charge in [-0.25, -0.2) is 0 Å². The zero-order valence-electron chi connectivity index (χ0n) is 14.9. The molecule has 7 nitrogen and oxygen atoms in total. The third-order valence-electron chi connectivity index (χ3n) is 4.09. The van der Waals surface area contributed by atoms with E-state index in [0.29, 0.717) is 29.2 Å². The van der Waals surface area contributed by atoms with Gasteiger partial charge in [-0.05, 0) is 36.8 Å². The maximum atomic E-state index is 11.8. The van der Waals surface area contributed by atoms with Gasteiger partial charge in [0.05, 0.1) is 11.5 Å². The van der Waals surface area contributed by atoms with E-state index in [0.717, 1.165) is 18.7 Å². The van der Waals surface area contributed by atoms with Gasteiger partial charge in [0.2, 0.25) is 17.8 Å². The van der Waals surface area contributed by atoms with E-state index in [1.165, 1.54) is 30.2 Å². The molecule has 1 aromatic heterocycles. The van der Waals surface area contributed by atoms with Crippen molar-refractivity contribution in [3.8, 4) is 0 Å². The Kier molecular flexibility index (Phi) is 6.27. The summed E-state index contributed by atoms with van der Waals surface area (Å²) in [5.41, 5.74) is 7.95. The number of carbonyl (C=O) groups is 1. The molecule has 0 unspecified atom stereocenters. The molecule has 4 N–H and O–H groups in total. The third kappa shape index (κ3) is 5.59. The second kappa shape index (κ2) is 8.84. The van der Waals surface area contributed by atoms with E-state index in [1.54, 1.807) is 0 Å². The Hall–Kier alpha value is -2.35. The zero-order valence-corrected chi connectivity index (χ0v) is 15.7. The van der Waals surface area contributed by atoms with Gasteiger partial charge < -0.3 is 16.4 Å². The van der Waals surface area contributed by atoms with Crippen LogP contribution in [0.25, 0.3) is 0 Å². The molecule has 8 heteroatoms. The van der Waals surface area contributed by atoms with E-state index in [2.05, 4.69) is 38.6 Å². The van der Waals surface area contributed by atoms with Gasteiger partial charge >= 0.3 is 0 Å². The first-order valence-corrected chi connectivity index (χ1v) is 9.99. The van der Waals surface area contributed by atoms with E-state index in [4.69, 9.17) is 5.73 Å². The normalized spacial score (nSPS) is 13.4. The number of nitrogens with zero attached hydrogens (tertiary/aromatic N) is 3. The van der Waals surface area contributed by atoms with Crippen LogP contribution in [-0.4, -0.2) is 33.2 Å². The van der Waals surface area contributed by atoms with Crippen molar-refractivity contribution in [1.29, 1.82) is 0 Å². The molecule has 1 fully saturated rings. The van der Waals surface area contributed by atoms with E-state index < -0.39 is 0 Å². The number of hydrogen-bond donors (Lipinski definition) is 3. The maximum Gasteiger partial charge on any atom is 0.232 e. The summed E-state index contributed by atoms with van der Waals surface area (Å²) in [6.45, 7) is 2.89. The number of amides is 1. The van der Waals surface area contributed by atoms with Crippen molar-refractivity contribution in [2.45, 2.75) is 31.9 Å². The number of aromatic nitrogens is 3. The molecule has 0 bridgehead atoms. The molecule has 0 aliphatic heterocycles. The van der Waals surface area contributed by atoms with Crippen molar-refractivity contribution in [1.82, 2.24) is 20.3 Å². The van der Waals surface area contributed by atoms with Crippen LogP contribution in [-0.2, 0) is 17.0 Å². The minimum atomic E-state index is 0.0548. The van der Waals surface area contributed by atoms with Gasteiger partial charge in [-0.3, -0.25) is 4.79 Å². The van der Waals surface area contributed by atoms with Crippen molar-refractivity contribution in [3.63, 3.8) is 0 Å². The Bertz CT molecular complexity index is 765. The number of nitrogens with one attached hydrogen (secondary N) is 2. The summed E-state index contributed by atoms with van der Waals surface area (Å²) in [4.78, 5) is 24.5. The Morgan fingerprint density at radius 3 is 2.85 bits per heavy atom. The molecule has 26 heavy (non-hydrogen) atoms. The summed E-state index contributed by atoms with van der Waals surface area (Å²) in [6.07, 6.45) is 3.37. The fraction of sp³-hybridized carbons (Fsp3) is 0.444. The van der Waals surface area contributed by atoms with Crippen molar-refractivity contribution in [2.24, 2.45) is 5.92 Å². The monoisotopic (exact) mass is 372 g/mol. The third-order valence-corrected chi connectivity index (χ3v) is 5.02. The van der Waals surface area contributed by atoms with E-state index in [1.807, 2.05) is 18.2 Å². The molecular formula is C18H24N6OS. The number of nitrogen functional groups attached to an aromatic ring is 1. The van der Waals surface area contributed by atoms with Crippen LogP contribution in [0.5, 0.6) is 0 Å². The molecule has 3 rings (SSSR count). The van der Waals surface area contributed by atoms with Gasteiger partial charge in [0, 0.05) is 12.2 Å². The lowest BCUT2D eigenvalue weighted by Gasteiger charge is -2.10. The molecule has 1 heterocycles. The summed E-state index contributed by atoms with van der Waals surface area (Å²) < 4.78 is 0. The van der Waals surface area contributed by atoms with E-state index in [-0.39, 0.29) is 11.9 Å². The van der Waals surface area contributed by atoms with Crippen LogP contribution >= 0.6 is 11.8 Å². The SMILES string of the molecule is CCc1ccccc1Nc1nc(N)nc(CSCC(=O)NCC2CC2)n1. The molecule has 0 radical (unpaired) electrons. The molecule has 0 spiro atoms. The molecule has 1 aromatic carbocycles. The highest BCUT2D eigenvalue weighted by molar-refractivity contribution is 7.99. The van der Waals surface area contributed by atoms with Crippen molar-refractivity contribution in [2.75, 3.05) is 23.3 Å². The van der Waals surface area contributed by atoms with Gasteiger partial charge in [0.25, 0.3) is 0 Å². The predicted octanol–water partition coefficient (Wildman–Crippen LogP) is 2.52. The van der Waals surface area contributed by atoms with Crippen LogP contribution in [0.4, 0.5) is 17.6 Å². The first-order chi connectivity index (χ1) is 12.6. The van der Waals surface area contributed by atoms with Gasteiger partial charge in [-0.15, -0.1) is 11.8 Å². The van der Waals surface area contributed by atoms with Crippen molar-refractivity contribution in [3.05, 3.63) is 35.7 Å². The highest BCUT2D eigenvalue weighted by Crippen LogP contribution is 2.27. The molecule has 138 valence electrons. The lowest BCUT2D eigenvalue weighted by atomic mass is 10.1. The number of anilines is 3. The Balaban J connectivity index is 1.55. The standard InChI is InChI=1S/C18H24N6OS/c1-2-13-5-3-4-6-14(13)21-18-23-15(22-17(19)24-18)10-26-11-16(25)20-9-12-7-8-12/h3-6,12H,2,7-11H2,1H3,(H,20,25)(H3,19,21,22,23,24). The number of rotatable bonds is 9. The molecule has 0 saturated heterocycles. The van der Waals surface area contributed by atoms with Gasteiger partial charge in [-0.1, -0.05) is 25.1 Å². The molecular weight excluding hydrogens is 348 g/mol. The number of benzene rings is 1. The summed E-state index contributed by atoms with van der Waals surface area (Å²) in [5, 5.41) is 6.16. The quantitative estimate of drug-likeness (QED) is 0.621. The van der Waals surface area contributed by atoms with Crippen LogP contribution in [0.3, 0.4) is 0 Å². The minimum Gasteiger partial charge on any atom is -0.368 e. The Labute approximate surface area is 157 Å². The highest BCUT2D eigenvalue weighted by atomic mass is 32.2. The lowest BCUT2D eigenvalue weighted by molar-refractivity contribution is -0.118. The van der Waals surface area contributed by atoms with Gasteiger partial charge in [0.1, 0.15) is 5.82 Å². The second-order valence-electron chi connectivity index (χ2n) is 6.31. The predicted molar refractivity (Wildman–Crippen MR) is 105 cm³/mol. The lowest BCUT2D eigenvalue weighted by Crippen LogP contribution is -2.27. The average molecular weight is 372 g/mol. The first kappa shape index (κ1) is 18.4. The second-order valence-corrected chi connectivity index (χ2v) is 7.29. The summed E-state index contributed by atoms with van der Waals surface area (Å²) in [7, 11) is 0. The van der Waals surface area contributed by atoms with Crippen molar-refractivity contribution >= 4 is 35.3 Å². The maximum absolute atomic E-state index is 11.8. The topological polar surface area (TPSA) is 106 Å². The number of nitrogens with two attached hydrogens (primary N) is 1. The van der Waals surface area contributed by atoms with E-state index in [9.17, 15) is 4.79 Å². The van der Waals surface area contributed by atoms with Crippen LogP contribution in [0, 0.1) is 5.92 Å². The van der Waals surface area contributed by atoms with Crippen LogP contribution in [0.15, 0.2) is 24.3 Å². The number of carbonyl (C=O) groups excluding carboxylic acids is 1. The molecule has 1 aliphatic rings. The van der Waals surface area contributed by atoms with Crippen molar-refractivity contribution < 1.29 is 4.79 Å². The van der Waals surface area contributed by atoms with Gasteiger partial charge in [0.15, 0.2) is 0 Å². The fourth-order valence-corrected chi connectivity index (χ4v) is 3.20. The Morgan fingerprint density at radius 2 is 2.08 bits per heavy atom. The number of aryl methyl sites for hydroxylation is 1. The number of hydrogen-bond acceptors (Lipinski definition) is 7. The number of para-hydroxylation sites is 1. The molecule has 1 saturated carbocycles. The molecule has 0 atom stereocenters. The molecule has 1 amide bonds. The van der Waals surface area contributed by atoms with Crippen LogP contribution in [0.2, 0.25) is 0 Å². The van der Waals surface area contributed by atoms with E-state index >= 15 is 0 Å². The summed E-state index contributed by atoms with van der Waals surface area (Å²) in [5.74, 6) is 2.80. The largest absolute Gasteiger partial charge is 0.368 e. The smallest absolute Gasteiger partial charge is 0.232 e. The zero-order chi connectivity index (χ0) is 18.4. The fourth-order valence-electron chi connectivity index (χ4n) is 2.50. The van der Waals surface area contributed by atoms with Gasteiger partial charge in [-0.2, -0.15) is 15.0 Å². The minimum absolute atomic E-state index is 0.0548. The summed E-state index contributed by atoms with van der Waals surface area (Å²) in [6, 6.07) is 8.01. The molecule has 2 aromatic rings. The molecule has 1 aliphatic carbocycles. The Morgan fingerprint density at radius 1 is 1.27 bits per heavy atom.